The van der Waals surface area contributed by atoms with E-state index in [0.29, 0.717) is 13.1 Å². The number of fused-ring (bicyclic) bond motifs is 1. The maximum Gasteiger partial charge on any atom is 0.239 e. The van der Waals surface area contributed by atoms with Gasteiger partial charge in [-0.3, -0.25) is 4.79 Å². The van der Waals surface area contributed by atoms with Crippen molar-refractivity contribution in [2.75, 3.05) is 36.4 Å². The lowest BCUT2D eigenvalue weighted by Crippen LogP contribution is -2.48. The standard InChI is InChI=1S/C12H16N6O/c1-2-13-9-7-17-6-4-15-11(17)12(16-9)18-5-3-14-10(19)8-18/h4,6-7,13H,2-3,5,8H2,1H3,(H,14,19). The summed E-state index contributed by atoms with van der Waals surface area (Å²) in [6.07, 6.45) is 5.52. The van der Waals surface area contributed by atoms with Gasteiger partial charge in [-0.05, 0) is 6.92 Å². The van der Waals surface area contributed by atoms with Crippen LogP contribution in [0.4, 0.5) is 11.6 Å². The Hall–Kier alpha value is -2.31. The Labute approximate surface area is 110 Å². The van der Waals surface area contributed by atoms with E-state index < -0.39 is 0 Å². The Morgan fingerprint density at radius 2 is 2.42 bits per heavy atom. The molecule has 0 aromatic carbocycles. The minimum atomic E-state index is 0.0200. The first-order valence-electron chi connectivity index (χ1n) is 6.37. The lowest BCUT2D eigenvalue weighted by Gasteiger charge is -2.28. The molecule has 1 amide bonds. The van der Waals surface area contributed by atoms with Gasteiger partial charge in [-0.2, -0.15) is 0 Å². The van der Waals surface area contributed by atoms with Crippen molar-refractivity contribution in [3.63, 3.8) is 0 Å². The van der Waals surface area contributed by atoms with Crippen molar-refractivity contribution in [3.05, 3.63) is 18.6 Å². The van der Waals surface area contributed by atoms with Crippen molar-refractivity contribution in [3.8, 4) is 0 Å². The summed E-state index contributed by atoms with van der Waals surface area (Å²) in [5, 5.41) is 6.01. The number of hydrogen-bond donors (Lipinski definition) is 2. The summed E-state index contributed by atoms with van der Waals surface area (Å²) in [7, 11) is 0. The molecule has 0 radical (unpaired) electrons. The van der Waals surface area contributed by atoms with Crippen molar-refractivity contribution in [1.82, 2.24) is 19.7 Å². The molecule has 0 saturated carbocycles. The predicted octanol–water partition coefficient (Wildman–Crippen LogP) is 0.0973. The highest BCUT2D eigenvalue weighted by atomic mass is 16.2. The molecule has 1 aliphatic heterocycles. The number of imidazole rings is 1. The lowest BCUT2D eigenvalue weighted by molar-refractivity contribution is -0.120. The third-order valence-corrected chi connectivity index (χ3v) is 3.05. The van der Waals surface area contributed by atoms with E-state index in [9.17, 15) is 4.79 Å². The number of amides is 1. The molecule has 0 aliphatic carbocycles. The Morgan fingerprint density at radius 1 is 1.53 bits per heavy atom. The molecule has 1 aliphatic rings. The molecule has 3 rings (SSSR count). The number of carbonyl (C=O) groups excluding carboxylic acids is 1. The molecule has 7 nitrogen and oxygen atoms in total. The third kappa shape index (κ3) is 2.18. The summed E-state index contributed by atoms with van der Waals surface area (Å²) in [4.78, 5) is 22.4. The van der Waals surface area contributed by atoms with Gasteiger partial charge in [-0.25, -0.2) is 9.97 Å². The predicted molar refractivity (Wildman–Crippen MR) is 72.4 cm³/mol. The summed E-state index contributed by atoms with van der Waals surface area (Å²) in [6.45, 7) is 4.53. The molecule has 100 valence electrons. The number of piperazine rings is 1. The zero-order valence-corrected chi connectivity index (χ0v) is 10.8. The van der Waals surface area contributed by atoms with E-state index in [2.05, 4.69) is 20.6 Å². The molecule has 2 aromatic rings. The van der Waals surface area contributed by atoms with Crippen LogP contribution in [0, 0.1) is 0 Å². The Balaban J connectivity index is 2.04. The average Bonchev–Trinajstić information content (AvgIpc) is 2.86. The number of nitrogens with one attached hydrogen (secondary N) is 2. The van der Waals surface area contributed by atoms with E-state index >= 15 is 0 Å². The van der Waals surface area contributed by atoms with E-state index in [-0.39, 0.29) is 5.91 Å². The molecule has 0 spiro atoms. The lowest BCUT2D eigenvalue weighted by atomic mass is 10.3. The van der Waals surface area contributed by atoms with E-state index in [1.807, 2.05) is 28.6 Å². The first-order valence-corrected chi connectivity index (χ1v) is 6.37. The molecule has 3 heterocycles. The topological polar surface area (TPSA) is 74.6 Å². The molecular formula is C12H16N6O. The Bertz CT molecular complexity index is 607. The van der Waals surface area contributed by atoms with Crippen LogP contribution in [0.25, 0.3) is 5.65 Å². The molecule has 2 N–H and O–H groups in total. The van der Waals surface area contributed by atoms with Crippen LogP contribution in [0.5, 0.6) is 0 Å². The highest BCUT2D eigenvalue weighted by molar-refractivity contribution is 5.84. The first-order chi connectivity index (χ1) is 9.28. The minimum absolute atomic E-state index is 0.0200. The average molecular weight is 260 g/mol. The summed E-state index contributed by atoms with van der Waals surface area (Å²) in [5.41, 5.74) is 0.774. The highest BCUT2D eigenvalue weighted by Gasteiger charge is 2.21. The zero-order valence-electron chi connectivity index (χ0n) is 10.8. The molecule has 7 heteroatoms. The van der Waals surface area contributed by atoms with Crippen molar-refractivity contribution in [2.45, 2.75) is 6.92 Å². The highest BCUT2D eigenvalue weighted by Crippen LogP contribution is 2.21. The van der Waals surface area contributed by atoms with Gasteiger partial charge in [0.05, 0.1) is 12.7 Å². The normalized spacial score (nSPS) is 15.6. The summed E-state index contributed by atoms with van der Waals surface area (Å²) >= 11 is 0. The molecular weight excluding hydrogens is 244 g/mol. The van der Waals surface area contributed by atoms with Crippen LogP contribution in [0.3, 0.4) is 0 Å². The van der Waals surface area contributed by atoms with Crippen LogP contribution in [-0.4, -0.2) is 46.5 Å². The van der Waals surface area contributed by atoms with Crippen LogP contribution in [-0.2, 0) is 4.79 Å². The van der Waals surface area contributed by atoms with Crippen LogP contribution < -0.4 is 15.5 Å². The molecule has 2 aromatic heterocycles. The molecule has 1 saturated heterocycles. The van der Waals surface area contributed by atoms with E-state index in [0.717, 1.165) is 30.4 Å². The first kappa shape index (κ1) is 11.8. The van der Waals surface area contributed by atoms with Crippen molar-refractivity contribution in [1.29, 1.82) is 0 Å². The van der Waals surface area contributed by atoms with E-state index in [4.69, 9.17) is 0 Å². The summed E-state index contributed by atoms with van der Waals surface area (Å²) < 4.78 is 1.92. The fraction of sp³-hybridized carbons (Fsp3) is 0.417. The van der Waals surface area contributed by atoms with Crippen LogP contribution >= 0.6 is 0 Å². The fourth-order valence-electron chi connectivity index (χ4n) is 2.21. The van der Waals surface area contributed by atoms with Gasteiger partial charge in [0.1, 0.15) is 5.82 Å². The van der Waals surface area contributed by atoms with Crippen LogP contribution in [0.1, 0.15) is 6.92 Å². The summed E-state index contributed by atoms with van der Waals surface area (Å²) in [5.74, 6) is 1.55. The largest absolute Gasteiger partial charge is 0.369 e. The monoisotopic (exact) mass is 260 g/mol. The number of aromatic nitrogens is 3. The molecule has 19 heavy (non-hydrogen) atoms. The third-order valence-electron chi connectivity index (χ3n) is 3.05. The molecule has 0 bridgehead atoms. The zero-order chi connectivity index (χ0) is 13.2. The fourth-order valence-corrected chi connectivity index (χ4v) is 2.21. The quantitative estimate of drug-likeness (QED) is 0.818. The van der Waals surface area contributed by atoms with E-state index in [1.165, 1.54) is 0 Å². The van der Waals surface area contributed by atoms with Crippen LogP contribution in [0.15, 0.2) is 18.6 Å². The number of rotatable bonds is 3. The van der Waals surface area contributed by atoms with Gasteiger partial charge < -0.3 is 19.9 Å². The second-order valence-corrected chi connectivity index (χ2v) is 4.41. The van der Waals surface area contributed by atoms with Gasteiger partial charge in [-0.15, -0.1) is 0 Å². The molecule has 0 unspecified atom stereocenters. The summed E-state index contributed by atoms with van der Waals surface area (Å²) in [6, 6.07) is 0. The SMILES string of the molecule is CCNc1cn2ccnc2c(N2CCNC(=O)C2)n1. The number of hydrogen-bond acceptors (Lipinski definition) is 5. The van der Waals surface area contributed by atoms with Crippen molar-refractivity contribution < 1.29 is 4.79 Å². The van der Waals surface area contributed by atoms with Gasteiger partial charge in [0.2, 0.25) is 5.91 Å². The number of nitrogens with zero attached hydrogens (tertiary/aromatic N) is 4. The van der Waals surface area contributed by atoms with Crippen molar-refractivity contribution >= 4 is 23.2 Å². The maximum atomic E-state index is 11.5. The Kier molecular flexibility index (Phi) is 2.94. The van der Waals surface area contributed by atoms with Gasteiger partial charge in [0.25, 0.3) is 0 Å². The maximum absolute atomic E-state index is 11.5. The van der Waals surface area contributed by atoms with E-state index in [1.54, 1.807) is 6.20 Å². The molecule has 0 atom stereocenters. The second-order valence-electron chi connectivity index (χ2n) is 4.41. The number of anilines is 2. The number of carbonyl (C=O) groups is 1. The van der Waals surface area contributed by atoms with Gasteiger partial charge >= 0.3 is 0 Å². The van der Waals surface area contributed by atoms with Gasteiger partial charge in [0.15, 0.2) is 11.5 Å². The van der Waals surface area contributed by atoms with Gasteiger partial charge in [0, 0.05) is 32.0 Å². The minimum Gasteiger partial charge on any atom is -0.369 e. The van der Waals surface area contributed by atoms with Gasteiger partial charge in [-0.1, -0.05) is 0 Å². The van der Waals surface area contributed by atoms with Crippen molar-refractivity contribution in [2.24, 2.45) is 0 Å². The molecule has 1 fully saturated rings. The Morgan fingerprint density at radius 3 is 3.21 bits per heavy atom. The second kappa shape index (κ2) is 4.75. The van der Waals surface area contributed by atoms with Crippen LogP contribution in [0.2, 0.25) is 0 Å². The smallest absolute Gasteiger partial charge is 0.239 e.